The Morgan fingerprint density at radius 3 is 2.78 bits per heavy atom. The third-order valence-electron chi connectivity index (χ3n) is 5.55. The van der Waals surface area contributed by atoms with E-state index in [2.05, 4.69) is 5.32 Å². The minimum absolute atomic E-state index is 0.0714. The van der Waals surface area contributed by atoms with Gasteiger partial charge in [-0.15, -0.1) is 0 Å². The minimum atomic E-state index is -0.175. The van der Waals surface area contributed by atoms with Crippen LogP contribution in [0.1, 0.15) is 44.1 Å². The Balaban J connectivity index is 1.55. The fourth-order valence-corrected chi connectivity index (χ4v) is 4.03. The lowest BCUT2D eigenvalue weighted by molar-refractivity contribution is -0.146. The van der Waals surface area contributed by atoms with Crippen molar-refractivity contribution in [2.75, 3.05) is 26.9 Å². The summed E-state index contributed by atoms with van der Waals surface area (Å²) in [7, 11) is 1.62. The van der Waals surface area contributed by atoms with Gasteiger partial charge in [0.25, 0.3) is 0 Å². The number of carbonyl (C=O) groups is 2. The predicted octanol–water partition coefficient (Wildman–Crippen LogP) is 2.51. The van der Waals surface area contributed by atoms with E-state index < -0.39 is 0 Å². The van der Waals surface area contributed by atoms with Crippen LogP contribution in [0.5, 0.6) is 5.75 Å². The molecule has 1 N–H and O–H groups in total. The molecular weight excluding hydrogens is 344 g/mol. The average Bonchev–Trinajstić information content (AvgIpc) is 2.73. The maximum Gasteiger partial charge on any atom is 0.226 e. The van der Waals surface area contributed by atoms with Crippen molar-refractivity contribution in [3.05, 3.63) is 29.8 Å². The lowest BCUT2D eigenvalue weighted by Crippen LogP contribution is -2.52. The number of amides is 2. The van der Waals surface area contributed by atoms with Crippen LogP contribution in [0, 0.1) is 5.92 Å². The molecule has 1 aliphatic heterocycles. The van der Waals surface area contributed by atoms with Gasteiger partial charge in [-0.25, -0.2) is 0 Å². The summed E-state index contributed by atoms with van der Waals surface area (Å²) in [5.41, 5.74) is 0.934. The third-order valence-corrected chi connectivity index (χ3v) is 5.55. The molecule has 6 heteroatoms. The fourth-order valence-electron chi connectivity index (χ4n) is 4.03. The van der Waals surface area contributed by atoms with Gasteiger partial charge >= 0.3 is 0 Å². The van der Waals surface area contributed by atoms with E-state index in [0.29, 0.717) is 26.3 Å². The summed E-state index contributed by atoms with van der Waals surface area (Å²) in [4.78, 5) is 27.3. The van der Waals surface area contributed by atoms with Crippen molar-refractivity contribution < 1.29 is 19.1 Å². The van der Waals surface area contributed by atoms with Crippen LogP contribution in [-0.4, -0.2) is 49.6 Å². The van der Waals surface area contributed by atoms with Gasteiger partial charge in [0.1, 0.15) is 5.75 Å². The molecule has 1 aliphatic carbocycles. The molecule has 2 aliphatic rings. The average molecular weight is 374 g/mol. The summed E-state index contributed by atoms with van der Waals surface area (Å²) >= 11 is 0. The first-order chi connectivity index (χ1) is 13.2. The maximum atomic E-state index is 12.9. The second-order valence-corrected chi connectivity index (χ2v) is 7.39. The number of ether oxygens (including phenoxy) is 2. The second kappa shape index (κ2) is 9.74. The second-order valence-electron chi connectivity index (χ2n) is 7.39. The van der Waals surface area contributed by atoms with Gasteiger partial charge in [-0.2, -0.15) is 0 Å². The Morgan fingerprint density at radius 1 is 1.22 bits per heavy atom. The number of nitrogens with zero attached hydrogens (tertiary/aromatic N) is 1. The number of rotatable bonds is 6. The number of nitrogens with one attached hydrogen (secondary N) is 1. The molecular formula is C21H30N2O4. The van der Waals surface area contributed by atoms with E-state index in [-0.39, 0.29) is 30.2 Å². The molecule has 2 amide bonds. The van der Waals surface area contributed by atoms with Crippen LogP contribution in [0.3, 0.4) is 0 Å². The monoisotopic (exact) mass is 374 g/mol. The van der Waals surface area contributed by atoms with Crippen LogP contribution in [-0.2, 0) is 20.9 Å². The number of morpholine rings is 1. The van der Waals surface area contributed by atoms with Crippen molar-refractivity contribution in [1.29, 1.82) is 0 Å². The third kappa shape index (κ3) is 5.22. The summed E-state index contributed by atoms with van der Waals surface area (Å²) in [5, 5.41) is 2.95. The Kier molecular flexibility index (Phi) is 7.10. The van der Waals surface area contributed by atoms with Crippen molar-refractivity contribution in [2.45, 2.75) is 51.1 Å². The molecule has 27 heavy (non-hydrogen) atoms. The molecule has 3 rings (SSSR count). The number of benzene rings is 1. The molecule has 6 nitrogen and oxygen atoms in total. The standard InChI is InChI=1S/C21H30N2O4/c1-26-19-10-6-5-9-17(19)14-22-20(24)13-18-15-27-12-11-23(18)21(25)16-7-3-2-4-8-16/h5-6,9-10,16,18H,2-4,7-8,11-15H2,1H3,(H,22,24)/t18-/m1/s1. The van der Waals surface area contributed by atoms with Crippen molar-refractivity contribution in [3.8, 4) is 5.75 Å². The van der Waals surface area contributed by atoms with Crippen LogP contribution < -0.4 is 10.1 Å². The van der Waals surface area contributed by atoms with Crippen LogP contribution in [0.2, 0.25) is 0 Å². The SMILES string of the molecule is COc1ccccc1CNC(=O)C[C@@H]1COCCN1C(=O)C1CCCCC1. The van der Waals surface area contributed by atoms with E-state index >= 15 is 0 Å². The quantitative estimate of drug-likeness (QED) is 0.831. The van der Waals surface area contributed by atoms with Crippen molar-refractivity contribution in [2.24, 2.45) is 5.92 Å². The van der Waals surface area contributed by atoms with E-state index in [9.17, 15) is 9.59 Å². The summed E-state index contributed by atoms with van der Waals surface area (Å²) in [5.74, 6) is 1.02. The van der Waals surface area contributed by atoms with Crippen molar-refractivity contribution in [1.82, 2.24) is 10.2 Å². The van der Waals surface area contributed by atoms with Gasteiger partial charge < -0.3 is 19.7 Å². The number of carbonyl (C=O) groups excluding carboxylic acids is 2. The molecule has 1 saturated heterocycles. The topological polar surface area (TPSA) is 67.9 Å². The summed E-state index contributed by atoms with van der Waals surface area (Å²) < 4.78 is 10.9. The van der Waals surface area contributed by atoms with E-state index in [0.717, 1.165) is 37.0 Å². The molecule has 0 bridgehead atoms. The number of para-hydroxylation sites is 1. The van der Waals surface area contributed by atoms with Crippen LogP contribution in [0.25, 0.3) is 0 Å². The highest BCUT2D eigenvalue weighted by atomic mass is 16.5. The minimum Gasteiger partial charge on any atom is -0.496 e. The predicted molar refractivity (Wildman–Crippen MR) is 102 cm³/mol. The van der Waals surface area contributed by atoms with E-state index in [1.807, 2.05) is 29.2 Å². The largest absolute Gasteiger partial charge is 0.496 e. The molecule has 0 aromatic heterocycles. The summed E-state index contributed by atoms with van der Waals surface area (Å²) in [6.45, 7) is 1.98. The Hall–Kier alpha value is -2.08. The van der Waals surface area contributed by atoms with Gasteiger partial charge in [-0.3, -0.25) is 9.59 Å². The molecule has 0 radical (unpaired) electrons. The van der Waals surface area contributed by atoms with Gasteiger partial charge in [0.15, 0.2) is 0 Å². The molecule has 1 saturated carbocycles. The van der Waals surface area contributed by atoms with E-state index in [4.69, 9.17) is 9.47 Å². The van der Waals surface area contributed by atoms with E-state index in [1.54, 1.807) is 7.11 Å². The lowest BCUT2D eigenvalue weighted by Gasteiger charge is -2.38. The Labute approximate surface area is 161 Å². The first-order valence-corrected chi connectivity index (χ1v) is 9.96. The van der Waals surface area contributed by atoms with Crippen LogP contribution in [0.4, 0.5) is 0 Å². The molecule has 148 valence electrons. The number of hydrogen-bond donors (Lipinski definition) is 1. The summed E-state index contributed by atoms with van der Waals surface area (Å²) in [6.07, 6.45) is 5.71. The number of methoxy groups -OCH3 is 1. The summed E-state index contributed by atoms with van der Waals surface area (Å²) in [6, 6.07) is 7.45. The van der Waals surface area contributed by atoms with Gasteiger partial charge in [-0.05, 0) is 18.9 Å². The van der Waals surface area contributed by atoms with E-state index in [1.165, 1.54) is 6.42 Å². The molecule has 2 fully saturated rings. The first-order valence-electron chi connectivity index (χ1n) is 9.96. The van der Waals surface area contributed by atoms with Crippen molar-refractivity contribution >= 4 is 11.8 Å². The zero-order valence-corrected chi connectivity index (χ0v) is 16.1. The zero-order chi connectivity index (χ0) is 19.1. The highest BCUT2D eigenvalue weighted by Crippen LogP contribution is 2.27. The lowest BCUT2D eigenvalue weighted by atomic mass is 9.87. The number of hydrogen-bond acceptors (Lipinski definition) is 4. The molecule has 1 heterocycles. The van der Waals surface area contributed by atoms with Gasteiger partial charge in [0.2, 0.25) is 11.8 Å². The Bertz CT molecular complexity index is 643. The molecule has 1 atom stereocenters. The Morgan fingerprint density at radius 2 is 2.00 bits per heavy atom. The zero-order valence-electron chi connectivity index (χ0n) is 16.1. The maximum absolute atomic E-state index is 12.9. The smallest absolute Gasteiger partial charge is 0.226 e. The normalized spacial score (nSPS) is 20.9. The molecule has 0 spiro atoms. The van der Waals surface area contributed by atoms with Crippen LogP contribution in [0.15, 0.2) is 24.3 Å². The van der Waals surface area contributed by atoms with Crippen molar-refractivity contribution in [3.63, 3.8) is 0 Å². The highest BCUT2D eigenvalue weighted by Gasteiger charge is 2.33. The first kappa shape index (κ1) is 19.7. The highest BCUT2D eigenvalue weighted by molar-refractivity contribution is 5.81. The fraction of sp³-hybridized carbons (Fsp3) is 0.619. The van der Waals surface area contributed by atoms with Gasteiger partial charge in [0.05, 0.1) is 26.4 Å². The molecule has 1 aromatic rings. The molecule has 0 unspecified atom stereocenters. The molecule has 1 aromatic carbocycles. The van der Waals surface area contributed by atoms with Gasteiger partial charge in [0, 0.05) is 31.0 Å². The van der Waals surface area contributed by atoms with Gasteiger partial charge in [-0.1, -0.05) is 37.5 Å². The van der Waals surface area contributed by atoms with Crippen LogP contribution >= 0.6 is 0 Å².